The van der Waals surface area contributed by atoms with Crippen molar-refractivity contribution in [1.82, 2.24) is 15.3 Å². The Kier molecular flexibility index (Phi) is 3.52. The molecule has 5 heteroatoms. The van der Waals surface area contributed by atoms with E-state index in [4.69, 9.17) is 9.97 Å². The summed E-state index contributed by atoms with van der Waals surface area (Å²) in [6.45, 7) is 6.05. The van der Waals surface area contributed by atoms with Gasteiger partial charge in [0.05, 0.1) is 5.69 Å². The number of rotatable bonds is 2. The molecule has 0 amide bonds. The summed E-state index contributed by atoms with van der Waals surface area (Å²) >= 11 is 1.71. The zero-order chi connectivity index (χ0) is 14.9. The van der Waals surface area contributed by atoms with Crippen LogP contribution in [0.15, 0.2) is 35.7 Å². The number of hydrogen-bond acceptors (Lipinski definition) is 5. The van der Waals surface area contributed by atoms with Gasteiger partial charge in [-0.3, -0.25) is 0 Å². The highest BCUT2D eigenvalue weighted by atomic mass is 32.1. The largest absolute Gasteiger partial charge is 0.338 e. The second-order valence-electron chi connectivity index (χ2n) is 5.57. The molecule has 4 nitrogen and oxygen atoms in total. The van der Waals surface area contributed by atoms with E-state index in [2.05, 4.69) is 46.8 Å². The molecule has 1 fully saturated rings. The van der Waals surface area contributed by atoms with Crippen LogP contribution in [0.3, 0.4) is 0 Å². The van der Waals surface area contributed by atoms with Crippen LogP contribution < -0.4 is 10.2 Å². The standard InChI is InChI=1S/C17H18N4S/c1-12-11-22-16-14(12)15(13-5-3-2-4-6-13)19-17(20-16)21-9-7-18-8-10-21/h2-6,11,18H,7-10H2,1H3. The van der Waals surface area contributed by atoms with Crippen LogP contribution in [0.5, 0.6) is 0 Å². The summed E-state index contributed by atoms with van der Waals surface area (Å²) in [6, 6.07) is 10.4. The number of aryl methyl sites for hydroxylation is 1. The molecule has 2 aromatic heterocycles. The van der Waals surface area contributed by atoms with Crippen LogP contribution in [-0.2, 0) is 0 Å². The molecule has 1 aliphatic rings. The molecule has 0 atom stereocenters. The lowest BCUT2D eigenvalue weighted by Gasteiger charge is -2.27. The second-order valence-corrected chi connectivity index (χ2v) is 6.43. The molecule has 0 spiro atoms. The first-order chi connectivity index (χ1) is 10.8. The first-order valence-corrected chi connectivity index (χ1v) is 8.48. The zero-order valence-electron chi connectivity index (χ0n) is 12.5. The van der Waals surface area contributed by atoms with Gasteiger partial charge in [-0.2, -0.15) is 0 Å². The smallest absolute Gasteiger partial charge is 0.227 e. The molecule has 1 N–H and O–H groups in total. The monoisotopic (exact) mass is 310 g/mol. The van der Waals surface area contributed by atoms with Crippen LogP contribution in [0.1, 0.15) is 5.56 Å². The van der Waals surface area contributed by atoms with Crippen LogP contribution in [0, 0.1) is 6.92 Å². The summed E-state index contributed by atoms with van der Waals surface area (Å²) < 4.78 is 0. The van der Waals surface area contributed by atoms with Crippen molar-refractivity contribution in [2.75, 3.05) is 31.1 Å². The van der Waals surface area contributed by atoms with Crippen molar-refractivity contribution in [2.45, 2.75) is 6.92 Å². The topological polar surface area (TPSA) is 41.1 Å². The molecule has 0 radical (unpaired) electrons. The molecule has 3 heterocycles. The van der Waals surface area contributed by atoms with Gasteiger partial charge in [-0.25, -0.2) is 9.97 Å². The number of nitrogens with zero attached hydrogens (tertiary/aromatic N) is 3. The maximum atomic E-state index is 4.92. The number of hydrogen-bond donors (Lipinski definition) is 1. The Morgan fingerprint density at radius 2 is 1.86 bits per heavy atom. The molecule has 0 bridgehead atoms. The Morgan fingerprint density at radius 3 is 2.64 bits per heavy atom. The summed E-state index contributed by atoms with van der Waals surface area (Å²) in [5.74, 6) is 0.856. The molecule has 3 aromatic rings. The third-order valence-electron chi connectivity index (χ3n) is 4.05. The van der Waals surface area contributed by atoms with E-state index >= 15 is 0 Å². The molecule has 112 valence electrons. The average Bonchev–Trinajstić information content (AvgIpc) is 2.97. The van der Waals surface area contributed by atoms with Crippen LogP contribution in [-0.4, -0.2) is 36.1 Å². The maximum absolute atomic E-state index is 4.92. The van der Waals surface area contributed by atoms with E-state index in [-0.39, 0.29) is 0 Å². The quantitative estimate of drug-likeness (QED) is 0.790. The lowest BCUT2D eigenvalue weighted by molar-refractivity contribution is 0.581. The maximum Gasteiger partial charge on any atom is 0.227 e. The molecule has 0 unspecified atom stereocenters. The zero-order valence-corrected chi connectivity index (χ0v) is 13.4. The molecule has 1 aromatic carbocycles. The van der Waals surface area contributed by atoms with Crippen LogP contribution in [0.4, 0.5) is 5.95 Å². The van der Waals surface area contributed by atoms with Crippen LogP contribution in [0.2, 0.25) is 0 Å². The SMILES string of the molecule is Cc1csc2nc(N3CCNCC3)nc(-c3ccccc3)c12. The summed E-state index contributed by atoms with van der Waals surface area (Å²) in [6.07, 6.45) is 0. The molecule has 1 aliphatic heterocycles. The highest BCUT2D eigenvalue weighted by Crippen LogP contribution is 2.34. The average molecular weight is 310 g/mol. The third-order valence-corrected chi connectivity index (χ3v) is 5.04. The minimum absolute atomic E-state index is 0.856. The number of fused-ring (bicyclic) bond motifs is 1. The van der Waals surface area contributed by atoms with Crippen LogP contribution in [0.25, 0.3) is 21.5 Å². The highest BCUT2D eigenvalue weighted by molar-refractivity contribution is 7.17. The predicted molar refractivity (Wildman–Crippen MR) is 92.7 cm³/mol. The van der Waals surface area contributed by atoms with E-state index in [1.165, 1.54) is 10.9 Å². The van der Waals surface area contributed by atoms with Crippen molar-refractivity contribution in [3.63, 3.8) is 0 Å². The first-order valence-electron chi connectivity index (χ1n) is 7.60. The number of thiophene rings is 1. The molecule has 0 aliphatic carbocycles. The fourth-order valence-corrected chi connectivity index (χ4v) is 3.80. The Hall–Kier alpha value is -1.98. The van der Waals surface area contributed by atoms with Gasteiger partial charge < -0.3 is 10.2 Å². The van der Waals surface area contributed by atoms with Gasteiger partial charge in [0.15, 0.2) is 0 Å². The number of aromatic nitrogens is 2. The highest BCUT2D eigenvalue weighted by Gasteiger charge is 2.18. The molecule has 4 rings (SSSR count). The Bertz CT molecular complexity index is 791. The third kappa shape index (κ3) is 2.36. The number of piperazine rings is 1. The minimum atomic E-state index is 0.856. The molecule has 0 saturated carbocycles. The van der Waals surface area contributed by atoms with E-state index in [9.17, 15) is 0 Å². The van der Waals surface area contributed by atoms with Crippen molar-refractivity contribution < 1.29 is 0 Å². The van der Waals surface area contributed by atoms with Gasteiger partial charge in [-0.15, -0.1) is 11.3 Å². The minimum Gasteiger partial charge on any atom is -0.338 e. The van der Waals surface area contributed by atoms with Gasteiger partial charge in [0.25, 0.3) is 0 Å². The Labute approximate surface area is 133 Å². The van der Waals surface area contributed by atoms with Crippen molar-refractivity contribution in [1.29, 1.82) is 0 Å². The fraction of sp³-hybridized carbons (Fsp3) is 0.294. The van der Waals surface area contributed by atoms with E-state index in [0.717, 1.165) is 48.2 Å². The molecular weight excluding hydrogens is 292 g/mol. The fourth-order valence-electron chi connectivity index (χ4n) is 2.88. The van der Waals surface area contributed by atoms with Crippen LogP contribution >= 0.6 is 11.3 Å². The normalized spacial score (nSPS) is 15.4. The van der Waals surface area contributed by atoms with Gasteiger partial charge >= 0.3 is 0 Å². The predicted octanol–water partition coefficient (Wildman–Crippen LogP) is 3.08. The Balaban J connectivity index is 1.90. The van der Waals surface area contributed by atoms with Crippen molar-refractivity contribution >= 4 is 27.5 Å². The Morgan fingerprint density at radius 1 is 1.09 bits per heavy atom. The lowest BCUT2D eigenvalue weighted by Crippen LogP contribution is -2.44. The van der Waals surface area contributed by atoms with Gasteiger partial charge in [-0.05, 0) is 17.9 Å². The summed E-state index contributed by atoms with van der Waals surface area (Å²) in [4.78, 5) is 13.1. The van der Waals surface area contributed by atoms with Crippen molar-refractivity contribution in [3.05, 3.63) is 41.3 Å². The molecular formula is C17H18N4S. The lowest BCUT2D eigenvalue weighted by atomic mass is 10.1. The summed E-state index contributed by atoms with van der Waals surface area (Å²) in [7, 11) is 0. The molecule has 1 saturated heterocycles. The number of benzene rings is 1. The van der Waals surface area contributed by atoms with Crippen molar-refractivity contribution in [2.24, 2.45) is 0 Å². The van der Waals surface area contributed by atoms with E-state index < -0.39 is 0 Å². The first kappa shape index (κ1) is 13.7. The van der Waals surface area contributed by atoms with Crippen molar-refractivity contribution in [3.8, 4) is 11.3 Å². The molecule has 22 heavy (non-hydrogen) atoms. The van der Waals surface area contributed by atoms with E-state index in [0.29, 0.717) is 0 Å². The van der Waals surface area contributed by atoms with Gasteiger partial charge in [-0.1, -0.05) is 30.3 Å². The second kappa shape index (κ2) is 5.66. The van der Waals surface area contributed by atoms with Gasteiger partial charge in [0, 0.05) is 37.1 Å². The number of nitrogens with one attached hydrogen (secondary N) is 1. The van der Waals surface area contributed by atoms with Gasteiger partial charge in [0.2, 0.25) is 5.95 Å². The van der Waals surface area contributed by atoms with E-state index in [1.807, 2.05) is 6.07 Å². The summed E-state index contributed by atoms with van der Waals surface area (Å²) in [5, 5.41) is 6.74. The number of anilines is 1. The van der Waals surface area contributed by atoms with E-state index in [1.54, 1.807) is 11.3 Å². The summed E-state index contributed by atoms with van der Waals surface area (Å²) in [5.41, 5.74) is 3.47. The van der Waals surface area contributed by atoms with Gasteiger partial charge in [0.1, 0.15) is 4.83 Å².